The van der Waals surface area contributed by atoms with E-state index in [0.717, 1.165) is 14.9 Å². The number of ether oxygens (including phenoxy) is 1. The summed E-state index contributed by atoms with van der Waals surface area (Å²) in [6.07, 6.45) is 2.41. The van der Waals surface area contributed by atoms with Gasteiger partial charge in [0.15, 0.2) is 15.7 Å². The number of carbonyl (C=O) groups is 1. The maximum Gasteiger partial charge on any atom is 0.357 e. The summed E-state index contributed by atoms with van der Waals surface area (Å²) in [6, 6.07) is 0. The highest BCUT2D eigenvalue weighted by Crippen LogP contribution is 2.31. The number of rotatable bonds is 3. The van der Waals surface area contributed by atoms with Crippen LogP contribution < -0.4 is 0 Å². The Labute approximate surface area is 103 Å². The number of hydrogen-bond acceptors (Lipinski definition) is 6. The number of methoxy groups -OCH3 is 1. The molecule has 2 aromatic heterocycles. The van der Waals surface area contributed by atoms with Crippen LogP contribution in [0.1, 0.15) is 15.4 Å². The molecule has 0 spiro atoms. The lowest BCUT2D eigenvalue weighted by molar-refractivity contribution is 0.0594. The SMILES string of the molecule is COC(=O)c1nc(-c2nccs2)sc1CP. The quantitative estimate of drug-likeness (QED) is 0.636. The predicted octanol–water partition coefficient (Wildman–Crippen LogP) is 2.43. The third-order valence-electron chi connectivity index (χ3n) is 1.88. The molecule has 2 rings (SSSR count). The molecule has 1 unspecified atom stereocenters. The number of hydrogen-bond donors (Lipinski definition) is 0. The maximum absolute atomic E-state index is 11.5. The van der Waals surface area contributed by atoms with E-state index in [-0.39, 0.29) is 0 Å². The van der Waals surface area contributed by atoms with Gasteiger partial charge in [-0.05, 0) is 6.16 Å². The molecule has 0 aliphatic rings. The smallest absolute Gasteiger partial charge is 0.357 e. The highest BCUT2D eigenvalue weighted by molar-refractivity contribution is 7.22. The summed E-state index contributed by atoms with van der Waals surface area (Å²) in [5.41, 5.74) is 0.396. The minimum absolute atomic E-state index is 0.392. The summed E-state index contributed by atoms with van der Waals surface area (Å²) < 4.78 is 4.69. The van der Waals surface area contributed by atoms with E-state index >= 15 is 0 Å². The van der Waals surface area contributed by atoms with Crippen LogP contribution in [0, 0.1) is 0 Å². The van der Waals surface area contributed by atoms with E-state index < -0.39 is 5.97 Å². The van der Waals surface area contributed by atoms with Gasteiger partial charge in [0.05, 0.1) is 7.11 Å². The van der Waals surface area contributed by atoms with E-state index in [0.29, 0.717) is 11.9 Å². The standard InChI is InChI=1S/C9H9N2O2PS2/c1-13-9(12)6-5(4-14)16-8(11-6)7-10-2-3-15-7/h2-3H,4,14H2,1H3. The molecule has 2 aromatic rings. The van der Waals surface area contributed by atoms with Gasteiger partial charge in [-0.2, -0.15) is 0 Å². The van der Waals surface area contributed by atoms with E-state index in [1.165, 1.54) is 29.8 Å². The van der Waals surface area contributed by atoms with E-state index in [4.69, 9.17) is 0 Å². The Morgan fingerprint density at radius 1 is 1.56 bits per heavy atom. The summed E-state index contributed by atoms with van der Waals surface area (Å²) in [6.45, 7) is 0. The molecule has 4 nitrogen and oxygen atoms in total. The molecule has 7 heteroatoms. The number of nitrogens with zero attached hydrogens (tertiary/aromatic N) is 2. The Balaban J connectivity index is 2.44. The van der Waals surface area contributed by atoms with Gasteiger partial charge in [-0.3, -0.25) is 0 Å². The fourth-order valence-corrected chi connectivity index (χ4v) is 3.22. The molecular weight excluding hydrogens is 263 g/mol. The third-order valence-corrected chi connectivity index (χ3v) is 4.57. The zero-order valence-electron chi connectivity index (χ0n) is 8.47. The molecule has 0 saturated heterocycles. The van der Waals surface area contributed by atoms with Crippen LogP contribution in [-0.4, -0.2) is 23.0 Å². The van der Waals surface area contributed by atoms with Crippen molar-refractivity contribution in [3.63, 3.8) is 0 Å². The molecule has 0 N–H and O–H groups in total. The van der Waals surface area contributed by atoms with Crippen LogP contribution in [0.15, 0.2) is 11.6 Å². The van der Waals surface area contributed by atoms with Crippen molar-refractivity contribution < 1.29 is 9.53 Å². The molecular formula is C9H9N2O2PS2. The molecule has 1 atom stereocenters. The highest BCUT2D eigenvalue weighted by Gasteiger charge is 2.19. The van der Waals surface area contributed by atoms with Gasteiger partial charge in [-0.1, -0.05) is 0 Å². The van der Waals surface area contributed by atoms with Gasteiger partial charge >= 0.3 is 5.97 Å². The van der Waals surface area contributed by atoms with Crippen LogP contribution in [0.2, 0.25) is 0 Å². The Bertz CT molecular complexity index is 496. The van der Waals surface area contributed by atoms with E-state index in [1.54, 1.807) is 6.20 Å². The van der Waals surface area contributed by atoms with E-state index in [1.807, 2.05) is 5.38 Å². The van der Waals surface area contributed by atoms with Crippen LogP contribution in [-0.2, 0) is 10.9 Å². The topological polar surface area (TPSA) is 52.1 Å². The molecule has 0 aromatic carbocycles. The molecule has 16 heavy (non-hydrogen) atoms. The molecule has 2 heterocycles. The first-order valence-electron chi connectivity index (χ1n) is 4.44. The van der Waals surface area contributed by atoms with Gasteiger partial charge in [0.25, 0.3) is 0 Å². The summed E-state index contributed by atoms with van der Waals surface area (Å²) in [5, 5.41) is 3.49. The predicted molar refractivity (Wildman–Crippen MR) is 68.0 cm³/mol. The minimum atomic E-state index is -0.392. The average molecular weight is 272 g/mol. The first-order chi connectivity index (χ1) is 7.76. The number of esters is 1. The molecule has 0 amide bonds. The van der Waals surface area contributed by atoms with E-state index in [2.05, 4.69) is 23.9 Å². The average Bonchev–Trinajstić information content (AvgIpc) is 2.95. The van der Waals surface area contributed by atoms with Gasteiger partial charge in [0.2, 0.25) is 0 Å². The number of aromatic nitrogens is 2. The normalized spacial score (nSPS) is 10.4. The van der Waals surface area contributed by atoms with Crippen molar-refractivity contribution in [3.05, 3.63) is 22.1 Å². The van der Waals surface area contributed by atoms with Crippen molar-refractivity contribution in [2.24, 2.45) is 0 Å². The molecule has 0 aliphatic carbocycles. The molecule has 0 radical (unpaired) electrons. The van der Waals surface area contributed by atoms with Crippen molar-refractivity contribution >= 4 is 37.9 Å². The molecule has 0 bridgehead atoms. The second-order valence-corrected chi connectivity index (χ2v) is 5.21. The lowest BCUT2D eigenvalue weighted by atomic mass is 10.4. The number of carbonyl (C=O) groups excluding carboxylic acids is 1. The van der Waals surface area contributed by atoms with E-state index in [9.17, 15) is 4.79 Å². The van der Waals surface area contributed by atoms with Gasteiger partial charge < -0.3 is 4.74 Å². The van der Waals surface area contributed by atoms with Crippen LogP contribution in [0.5, 0.6) is 0 Å². The molecule has 0 fully saturated rings. The maximum atomic E-state index is 11.5. The first kappa shape index (κ1) is 11.6. The van der Waals surface area contributed by atoms with Crippen molar-refractivity contribution in [2.45, 2.75) is 6.16 Å². The van der Waals surface area contributed by atoms with Crippen LogP contribution in [0.3, 0.4) is 0 Å². The second kappa shape index (κ2) is 4.99. The number of thiazole rings is 2. The van der Waals surface area contributed by atoms with Crippen LogP contribution in [0.4, 0.5) is 0 Å². The fourth-order valence-electron chi connectivity index (χ4n) is 1.17. The lowest BCUT2D eigenvalue weighted by Gasteiger charge is -1.95. The highest BCUT2D eigenvalue weighted by atomic mass is 32.1. The zero-order valence-corrected chi connectivity index (χ0v) is 11.3. The summed E-state index contributed by atoms with van der Waals surface area (Å²) in [7, 11) is 3.94. The van der Waals surface area contributed by atoms with Gasteiger partial charge in [0.1, 0.15) is 0 Å². The van der Waals surface area contributed by atoms with Crippen molar-refractivity contribution in [2.75, 3.05) is 7.11 Å². The Morgan fingerprint density at radius 3 is 2.94 bits per heavy atom. The molecule has 0 aliphatic heterocycles. The minimum Gasteiger partial charge on any atom is -0.464 e. The summed E-state index contributed by atoms with van der Waals surface area (Å²) in [4.78, 5) is 20.8. The van der Waals surface area contributed by atoms with Crippen LogP contribution in [0.25, 0.3) is 10.0 Å². The third kappa shape index (κ3) is 2.14. The van der Waals surface area contributed by atoms with Crippen molar-refractivity contribution in [3.8, 4) is 10.0 Å². The van der Waals surface area contributed by atoms with Crippen molar-refractivity contribution in [1.29, 1.82) is 0 Å². The largest absolute Gasteiger partial charge is 0.464 e. The Hall–Kier alpha value is -0.840. The zero-order chi connectivity index (χ0) is 11.5. The summed E-state index contributed by atoms with van der Waals surface area (Å²) in [5.74, 6) is -0.392. The van der Waals surface area contributed by atoms with Gasteiger partial charge in [0, 0.05) is 16.5 Å². The van der Waals surface area contributed by atoms with Crippen LogP contribution >= 0.6 is 31.9 Å². The monoisotopic (exact) mass is 272 g/mol. The Morgan fingerprint density at radius 2 is 2.38 bits per heavy atom. The first-order valence-corrected chi connectivity index (χ1v) is 6.95. The second-order valence-electron chi connectivity index (χ2n) is 2.82. The lowest BCUT2D eigenvalue weighted by Crippen LogP contribution is -2.03. The van der Waals surface area contributed by atoms with Gasteiger partial charge in [-0.25, -0.2) is 14.8 Å². The van der Waals surface area contributed by atoms with Gasteiger partial charge in [-0.15, -0.1) is 31.9 Å². The molecule has 84 valence electrons. The fraction of sp³-hybridized carbons (Fsp3) is 0.222. The summed E-state index contributed by atoms with van der Waals surface area (Å²) >= 11 is 2.98. The molecule has 0 saturated carbocycles. The Kier molecular flexibility index (Phi) is 3.63. The van der Waals surface area contributed by atoms with Crippen molar-refractivity contribution in [1.82, 2.24) is 9.97 Å².